The molecule has 0 saturated heterocycles. The fourth-order valence-electron chi connectivity index (χ4n) is 3.00. The van der Waals surface area contributed by atoms with Gasteiger partial charge in [-0.1, -0.05) is 19.9 Å². The van der Waals surface area contributed by atoms with Crippen LogP contribution in [0.25, 0.3) is 0 Å². The van der Waals surface area contributed by atoms with Gasteiger partial charge in [0, 0.05) is 13.1 Å². The Balaban J connectivity index is 2.56. The van der Waals surface area contributed by atoms with Crippen molar-refractivity contribution in [2.75, 3.05) is 67.6 Å². The molecule has 0 fully saturated rings. The molecule has 1 aromatic carbocycles. The third-order valence-electron chi connectivity index (χ3n) is 4.62. The van der Waals surface area contributed by atoms with Crippen molar-refractivity contribution in [1.29, 1.82) is 0 Å². The molecule has 0 saturated carbocycles. The van der Waals surface area contributed by atoms with E-state index in [4.69, 9.17) is 9.47 Å². The molecule has 0 aliphatic carbocycles. The summed E-state index contributed by atoms with van der Waals surface area (Å²) < 4.78 is 11.3. The summed E-state index contributed by atoms with van der Waals surface area (Å²) in [6, 6.07) is 6.03. The van der Waals surface area contributed by atoms with Crippen molar-refractivity contribution in [3.8, 4) is 11.5 Å². The Morgan fingerprint density at radius 3 is 2.33 bits per heavy atom. The first kappa shape index (κ1) is 23.7. The largest absolute Gasteiger partial charge is 0.493 e. The number of benzene rings is 1. The van der Waals surface area contributed by atoms with Gasteiger partial charge in [0.1, 0.15) is 12.7 Å². The number of likely N-dealkylation sites (N-methyl/N-ethyl adjacent to an activating group) is 1. The zero-order valence-corrected chi connectivity index (χ0v) is 18.1. The molecular formula is C21H39N3O3. The highest BCUT2D eigenvalue weighted by Gasteiger charge is 2.12. The lowest BCUT2D eigenvalue weighted by molar-refractivity contribution is 0.0705. The maximum atomic E-state index is 10.2. The first-order valence-corrected chi connectivity index (χ1v) is 9.92. The monoisotopic (exact) mass is 381 g/mol. The van der Waals surface area contributed by atoms with Gasteiger partial charge in [-0.3, -0.25) is 0 Å². The van der Waals surface area contributed by atoms with Gasteiger partial charge in [-0.15, -0.1) is 0 Å². The highest BCUT2D eigenvalue weighted by molar-refractivity contribution is 5.43. The molecule has 0 aliphatic rings. The Morgan fingerprint density at radius 1 is 1.04 bits per heavy atom. The van der Waals surface area contributed by atoms with Crippen molar-refractivity contribution >= 4 is 0 Å². The van der Waals surface area contributed by atoms with Gasteiger partial charge >= 0.3 is 0 Å². The Labute approximate surface area is 165 Å². The second-order valence-corrected chi connectivity index (χ2v) is 7.33. The van der Waals surface area contributed by atoms with Crippen LogP contribution in [0.3, 0.4) is 0 Å². The highest BCUT2D eigenvalue weighted by Crippen LogP contribution is 2.28. The standard InChI is InChI=1S/C21H39N3O3/c1-7-24(8-2)16-19(25)17-27-20-11-10-18(14-21(20)26-6)15-23(5)13-9-12-22(3)4/h10-11,14,19,25H,7-9,12-13,15-17H2,1-6H3. The fourth-order valence-corrected chi connectivity index (χ4v) is 3.00. The van der Waals surface area contributed by atoms with E-state index in [0.717, 1.165) is 39.1 Å². The maximum absolute atomic E-state index is 10.2. The predicted octanol–water partition coefficient (Wildman–Crippen LogP) is 2.16. The van der Waals surface area contributed by atoms with Gasteiger partial charge in [0.15, 0.2) is 11.5 Å². The third kappa shape index (κ3) is 9.42. The number of rotatable bonds is 14. The van der Waals surface area contributed by atoms with E-state index in [1.54, 1.807) is 7.11 Å². The molecule has 1 unspecified atom stereocenters. The number of aliphatic hydroxyl groups excluding tert-OH is 1. The summed E-state index contributed by atoms with van der Waals surface area (Å²) in [6.07, 6.45) is 0.629. The van der Waals surface area contributed by atoms with E-state index in [9.17, 15) is 5.11 Å². The average Bonchev–Trinajstić information content (AvgIpc) is 2.64. The van der Waals surface area contributed by atoms with Crippen molar-refractivity contribution in [2.45, 2.75) is 32.9 Å². The second kappa shape index (κ2) is 12.9. The Kier molecular flexibility index (Phi) is 11.4. The van der Waals surface area contributed by atoms with E-state index in [1.807, 2.05) is 12.1 Å². The summed E-state index contributed by atoms with van der Waals surface area (Å²) in [6.45, 7) is 9.93. The first-order valence-electron chi connectivity index (χ1n) is 9.92. The maximum Gasteiger partial charge on any atom is 0.161 e. The smallest absolute Gasteiger partial charge is 0.161 e. The minimum absolute atomic E-state index is 0.261. The highest BCUT2D eigenvalue weighted by atomic mass is 16.5. The SMILES string of the molecule is CCN(CC)CC(O)COc1ccc(CN(C)CCCN(C)C)cc1OC. The minimum atomic E-state index is -0.517. The van der Waals surface area contributed by atoms with Crippen LogP contribution >= 0.6 is 0 Å². The van der Waals surface area contributed by atoms with Gasteiger partial charge in [-0.05, 0) is 71.4 Å². The number of methoxy groups -OCH3 is 1. The molecule has 1 aromatic rings. The van der Waals surface area contributed by atoms with E-state index < -0.39 is 6.10 Å². The zero-order valence-electron chi connectivity index (χ0n) is 18.1. The van der Waals surface area contributed by atoms with E-state index >= 15 is 0 Å². The third-order valence-corrected chi connectivity index (χ3v) is 4.62. The van der Waals surface area contributed by atoms with Crippen LogP contribution in [0.2, 0.25) is 0 Å². The summed E-state index contributed by atoms with van der Waals surface area (Å²) >= 11 is 0. The molecule has 1 atom stereocenters. The van der Waals surface area contributed by atoms with Crippen molar-refractivity contribution < 1.29 is 14.6 Å². The molecule has 27 heavy (non-hydrogen) atoms. The Hall–Kier alpha value is -1.34. The van der Waals surface area contributed by atoms with Gasteiger partial charge in [0.25, 0.3) is 0 Å². The number of aliphatic hydroxyl groups is 1. The summed E-state index contributed by atoms with van der Waals surface area (Å²) in [7, 11) is 7.99. The Bertz CT molecular complexity index is 521. The Morgan fingerprint density at radius 2 is 1.74 bits per heavy atom. The number of hydrogen-bond donors (Lipinski definition) is 1. The quantitative estimate of drug-likeness (QED) is 0.533. The van der Waals surface area contributed by atoms with Crippen LogP contribution in [0.4, 0.5) is 0 Å². The number of hydrogen-bond acceptors (Lipinski definition) is 6. The molecule has 0 amide bonds. The lowest BCUT2D eigenvalue weighted by atomic mass is 10.2. The molecule has 0 spiro atoms. The molecule has 0 aromatic heterocycles. The molecule has 6 heteroatoms. The molecule has 0 radical (unpaired) electrons. The van der Waals surface area contributed by atoms with Crippen molar-refractivity contribution in [3.05, 3.63) is 23.8 Å². The van der Waals surface area contributed by atoms with Gasteiger partial charge in [0.05, 0.1) is 7.11 Å². The van der Waals surface area contributed by atoms with Crippen molar-refractivity contribution in [2.24, 2.45) is 0 Å². The van der Waals surface area contributed by atoms with Crippen LogP contribution in [-0.2, 0) is 6.54 Å². The minimum Gasteiger partial charge on any atom is -0.493 e. The zero-order chi connectivity index (χ0) is 20.2. The molecule has 1 N–H and O–H groups in total. The first-order chi connectivity index (χ1) is 12.9. The molecule has 0 bridgehead atoms. The van der Waals surface area contributed by atoms with E-state index in [0.29, 0.717) is 18.0 Å². The van der Waals surface area contributed by atoms with E-state index in [1.165, 1.54) is 5.56 Å². The van der Waals surface area contributed by atoms with Crippen LogP contribution in [0.5, 0.6) is 11.5 Å². The summed E-state index contributed by atoms with van der Waals surface area (Å²) in [5, 5.41) is 10.2. The summed E-state index contributed by atoms with van der Waals surface area (Å²) in [4.78, 5) is 6.70. The van der Waals surface area contributed by atoms with Gasteiger partial charge in [-0.25, -0.2) is 0 Å². The van der Waals surface area contributed by atoms with Crippen LogP contribution < -0.4 is 9.47 Å². The summed E-state index contributed by atoms with van der Waals surface area (Å²) in [5.74, 6) is 1.39. The molecule has 6 nitrogen and oxygen atoms in total. The van der Waals surface area contributed by atoms with Crippen LogP contribution in [0.1, 0.15) is 25.8 Å². The lowest BCUT2D eigenvalue weighted by Crippen LogP contribution is -2.35. The molecular weight excluding hydrogens is 342 g/mol. The number of nitrogens with zero attached hydrogens (tertiary/aromatic N) is 3. The van der Waals surface area contributed by atoms with Crippen LogP contribution in [-0.4, -0.2) is 93.5 Å². The van der Waals surface area contributed by atoms with Gasteiger partial charge in [-0.2, -0.15) is 0 Å². The molecule has 0 aliphatic heterocycles. The van der Waals surface area contributed by atoms with Gasteiger partial charge < -0.3 is 29.3 Å². The van der Waals surface area contributed by atoms with Gasteiger partial charge in [0.2, 0.25) is 0 Å². The number of ether oxygens (including phenoxy) is 2. The van der Waals surface area contributed by atoms with Crippen molar-refractivity contribution in [3.63, 3.8) is 0 Å². The van der Waals surface area contributed by atoms with Crippen molar-refractivity contribution in [1.82, 2.24) is 14.7 Å². The van der Waals surface area contributed by atoms with E-state index in [2.05, 4.69) is 55.8 Å². The normalized spacial score (nSPS) is 12.8. The van der Waals surface area contributed by atoms with E-state index in [-0.39, 0.29) is 6.61 Å². The van der Waals surface area contributed by atoms with Crippen LogP contribution in [0, 0.1) is 0 Å². The van der Waals surface area contributed by atoms with Crippen LogP contribution in [0.15, 0.2) is 18.2 Å². The molecule has 1 rings (SSSR count). The predicted molar refractivity (Wildman–Crippen MR) is 112 cm³/mol. The average molecular weight is 382 g/mol. The second-order valence-electron chi connectivity index (χ2n) is 7.33. The summed E-state index contributed by atoms with van der Waals surface area (Å²) in [5.41, 5.74) is 1.19. The fraction of sp³-hybridized carbons (Fsp3) is 0.714. The topological polar surface area (TPSA) is 48.4 Å². The molecule has 0 heterocycles. The lowest BCUT2D eigenvalue weighted by Gasteiger charge is -2.22. The molecule has 156 valence electrons.